The second-order valence-electron chi connectivity index (χ2n) is 6.23. The van der Waals surface area contributed by atoms with Gasteiger partial charge < -0.3 is 4.74 Å². The number of imide groups is 1. The van der Waals surface area contributed by atoms with Crippen LogP contribution in [0, 0.1) is 0 Å². The van der Waals surface area contributed by atoms with Gasteiger partial charge in [-0.05, 0) is 48.5 Å². The minimum absolute atomic E-state index is 0.157. The lowest BCUT2D eigenvalue weighted by molar-refractivity contribution is -0.119. The van der Waals surface area contributed by atoms with Gasteiger partial charge in [0.2, 0.25) is 9.84 Å². The number of nitrogens with zero attached hydrogens (tertiary/aromatic N) is 1. The van der Waals surface area contributed by atoms with E-state index in [0.717, 1.165) is 4.90 Å². The average molecular weight is 405 g/mol. The van der Waals surface area contributed by atoms with Gasteiger partial charge in [0.15, 0.2) is 0 Å². The predicted octanol–water partition coefficient (Wildman–Crippen LogP) is 3.74. The number of rotatable bonds is 5. The molecule has 2 amide bonds. The molecular formula is C22H15NO5S. The molecule has 0 saturated carbocycles. The highest BCUT2D eigenvalue weighted by Crippen LogP contribution is 2.29. The predicted molar refractivity (Wildman–Crippen MR) is 106 cm³/mol. The van der Waals surface area contributed by atoms with Gasteiger partial charge in [-0.2, -0.15) is 0 Å². The normalized spacial score (nSPS) is 13.7. The lowest BCUT2D eigenvalue weighted by Crippen LogP contribution is -2.29. The zero-order valence-corrected chi connectivity index (χ0v) is 15.9. The van der Waals surface area contributed by atoms with Crippen molar-refractivity contribution in [2.24, 2.45) is 0 Å². The Labute approximate surface area is 167 Å². The van der Waals surface area contributed by atoms with Crippen molar-refractivity contribution in [3.63, 3.8) is 0 Å². The molecule has 0 spiro atoms. The fourth-order valence-corrected chi connectivity index (χ4v) is 4.18. The standard InChI is InChI=1S/C22H15NO5S/c24-21-13-14-22(25)23(21)16-5-4-6-18(15-16)28-17-9-11-20(12-10-17)29(26,27)19-7-2-1-3-8-19/h1-15H. The van der Waals surface area contributed by atoms with Crippen molar-refractivity contribution in [2.75, 3.05) is 4.90 Å². The van der Waals surface area contributed by atoms with Crippen LogP contribution in [0.3, 0.4) is 0 Å². The Morgan fingerprint density at radius 3 is 1.93 bits per heavy atom. The molecule has 6 nitrogen and oxygen atoms in total. The maximum absolute atomic E-state index is 12.6. The number of ether oxygens (including phenoxy) is 1. The van der Waals surface area contributed by atoms with E-state index in [9.17, 15) is 18.0 Å². The van der Waals surface area contributed by atoms with Gasteiger partial charge in [-0.1, -0.05) is 24.3 Å². The summed E-state index contributed by atoms with van der Waals surface area (Å²) in [7, 11) is -3.60. The van der Waals surface area contributed by atoms with Crippen LogP contribution in [0.5, 0.6) is 11.5 Å². The molecule has 0 N–H and O–H groups in total. The molecular weight excluding hydrogens is 390 g/mol. The number of carbonyl (C=O) groups is 2. The van der Waals surface area contributed by atoms with E-state index in [4.69, 9.17) is 4.74 Å². The summed E-state index contributed by atoms with van der Waals surface area (Å²) in [4.78, 5) is 25.1. The van der Waals surface area contributed by atoms with Crippen LogP contribution in [0.1, 0.15) is 0 Å². The number of hydrogen-bond donors (Lipinski definition) is 0. The summed E-state index contributed by atoms with van der Waals surface area (Å²) in [6.45, 7) is 0. The maximum Gasteiger partial charge on any atom is 0.258 e. The molecule has 0 atom stereocenters. The Kier molecular flexibility index (Phi) is 4.74. The van der Waals surface area contributed by atoms with Gasteiger partial charge in [-0.25, -0.2) is 13.3 Å². The SMILES string of the molecule is O=C1C=CC(=O)N1c1cccc(Oc2ccc(S(=O)(=O)c3ccccc3)cc2)c1. The second-order valence-corrected chi connectivity index (χ2v) is 8.18. The van der Waals surface area contributed by atoms with Crippen LogP contribution >= 0.6 is 0 Å². The number of hydrogen-bond acceptors (Lipinski definition) is 5. The number of sulfone groups is 1. The topological polar surface area (TPSA) is 80.8 Å². The van der Waals surface area contributed by atoms with Gasteiger partial charge in [-0.15, -0.1) is 0 Å². The van der Waals surface area contributed by atoms with E-state index in [1.54, 1.807) is 66.7 Å². The van der Waals surface area contributed by atoms with E-state index in [1.165, 1.54) is 24.3 Å². The Bertz CT molecular complexity index is 1200. The van der Waals surface area contributed by atoms with E-state index >= 15 is 0 Å². The Morgan fingerprint density at radius 1 is 0.655 bits per heavy atom. The zero-order chi connectivity index (χ0) is 20.4. The van der Waals surface area contributed by atoms with Crippen LogP contribution in [-0.4, -0.2) is 20.2 Å². The lowest BCUT2D eigenvalue weighted by Gasteiger charge is -2.15. The van der Waals surface area contributed by atoms with Crippen molar-refractivity contribution < 1.29 is 22.7 Å². The van der Waals surface area contributed by atoms with Gasteiger partial charge in [-0.3, -0.25) is 9.59 Å². The summed E-state index contributed by atoms with van der Waals surface area (Å²) in [5.74, 6) is 0.00488. The van der Waals surface area contributed by atoms with Crippen molar-refractivity contribution in [1.82, 2.24) is 0 Å². The van der Waals surface area contributed by atoms with E-state index in [-0.39, 0.29) is 9.79 Å². The third-order valence-corrected chi connectivity index (χ3v) is 6.09. The molecule has 1 aliphatic rings. The lowest BCUT2D eigenvalue weighted by atomic mass is 10.2. The fourth-order valence-electron chi connectivity index (χ4n) is 2.90. The van der Waals surface area contributed by atoms with Crippen molar-refractivity contribution in [1.29, 1.82) is 0 Å². The maximum atomic E-state index is 12.6. The van der Waals surface area contributed by atoms with Gasteiger partial charge in [0.25, 0.3) is 11.8 Å². The molecule has 29 heavy (non-hydrogen) atoms. The first kappa shape index (κ1) is 18.6. The van der Waals surface area contributed by atoms with E-state index in [1.807, 2.05) is 0 Å². The molecule has 3 aromatic rings. The molecule has 0 bridgehead atoms. The summed E-state index contributed by atoms with van der Waals surface area (Å²) in [5.41, 5.74) is 0.394. The largest absolute Gasteiger partial charge is 0.457 e. The Morgan fingerprint density at radius 2 is 1.28 bits per heavy atom. The number of benzene rings is 3. The summed E-state index contributed by atoms with van der Waals surface area (Å²) in [5, 5.41) is 0. The van der Waals surface area contributed by atoms with Crippen LogP contribution in [0.4, 0.5) is 5.69 Å². The Hall–Kier alpha value is -3.71. The van der Waals surface area contributed by atoms with Gasteiger partial charge in [0, 0.05) is 18.2 Å². The summed E-state index contributed by atoms with van der Waals surface area (Å²) in [6, 6.07) is 20.8. The number of amides is 2. The van der Waals surface area contributed by atoms with Crippen molar-refractivity contribution in [3.05, 3.63) is 91.0 Å². The van der Waals surface area contributed by atoms with E-state index in [0.29, 0.717) is 17.2 Å². The monoisotopic (exact) mass is 405 g/mol. The van der Waals surface area contributed by atoms with Gasteiger partial charge in [0.05, 0.1) is 15.5 Å². The first-order valence-electron chi connectivity index (χ1n) is 8.69. The molecule has 3 aromatic carbocycles. The smallest absolute Gasteiger partial charge is 0.258 e. The summed E-state index contributed by atoms with van der Waals surface area (Å²) >= 11 is 0. The molecule has 0 saturated heterocycles. The Balaban J connectivity index is 1.55. The fraction of sp³-hybridized carbons (Fsp3) is 0. The molecule has 0 radical (unpaired) electrons. The first-order valence-corrected chi connectivity index (χ1v) is 10.2. The molecule has 1 aliphatic heterocycles. The quantitative estimate of drug-likeness (QED) is 0.604. The molecule has 4 rings (SSSR count). The van der Waals surface area contributed by atoms with Crippen LogP contribution < -0.4 is 9.64 Å². The third-order valence-electron chi connectivity index (χ3n) is 4.31. The van der Waals surface area contributed by atoms with Crippen LogP contribution in [-0.2, 0) is 19.4 Å². The highest BCUT2D eigenvalue weighted by atomic mass is 32.2. The van der Waals surface area contributed by atoms with Gasteiger partial charge >= 0.3 is 0 Å². The minimum atomic E-state index is -3.60. The zero-order valence-electron chi connectivity index (χ0n) is 15.1. The van der Waals surface area contributed by atoms with Crippen LogP contribution in [0.15, 0.2) is 101 Å². The average Bonchev–Trinajstić information content (AvgIpc) is 3.07. The van der Waals surface area contributed by atoms with Crippen molar-refractivity contribution in [2.45, 2.75) is 9.79 Å². The number of anilines is 1. The molecule has 144 valence electrons. The first-order chi connectivity index (χ1) is 13.9. The second kappa shape index (κ2) is 7.37. The van der Waals surface area contributed by atoms with Crippen molar-refractivity contribution >= 4 is 27.3 Å². The van der Waals surface area contributed by atoms with Crippen LogP contribution in [0.25, 0.3) is 0 Å². The van der Waals surface area contributed by atoms with Crippen LogP contribution in [0.2, 0.25) is 0 Å². The van der Waals surface area contributed by atoms with Crippen molar-refractivity contribution in [3.8, 4) is 11.5 Å². The highest BCUT2D eigenvalue weighted by Gasteiger charge is 2.25. The molecule has 0 unspecified atom stereocenters. The summed E-state index contributed by atoms with van der Waals surface area (Å²) in [6.07, 6.45) is 2.42. The molecule has 0 fully saturated rings. The molecule has 0 aromatic heterocycles. The highest BCUT2D eigenvalue weighted by molar-refractivity contribution is 7.91. The molecule has 7 heteroatoms. The minimum Gasteiger partial charge on any atom is -0.457 e. The van der Waals surface area contributed by atoms with E-state index < -0.39 is 21.7 Å². The number of carbonyl (C=O) groups excluding carboxylic acids is 2. The third kappa shape index (κ3) is 3.68. The van der Waals surface area contributed by atoms with Gasteiger partial charge in [0.1, 0.15) is 11.5 Å². The molecule has 1 heterocycles. The summed E-state index contributed by atoms with van der Waals surface area (Å²) < 4.78 is 31.0. The molecule has 0 aliphatic carbocycles. The van der Waals surface area contributed by atoms with E-state index in [2.05, 4.69) is 0 Å².